The Bertz CT molecular complexity index is 671. The molecule has 7 heteroatoms. The van der Waals surface area contributed by atoms with Crippen LogP contribution in [0.4, 0.5) is 0 Å². The molecule has 0 aromatic carbocycles. The Balaban J connectivity index is 1.77. The highest BCUT2D eigenvalue weighted by Crippen LogP contribution is 2.27. The first kappa shape index (κ1) is 15.0. The zero-order valence-corrected chi connectivity index (χ0v) is 13.6. The Morgan fingerprint density at radius 2 is 2.36 bits per heavy atom. The first-order valence-electron chi connectivity index (χ1n) is 7.59. The van der Waals surface area contributed by atoms with Gasteiger partial charge in [0, 0.05) is 30.9 Å². The van der Waals surface area contributed by atoms with Crippen molar-refractivity contribution in [2.45, 2.75) is 39.0 Å². The van der Waals surface area contributed by atoms with Crippen molar-refractivity contribution in [1.29, 1.82) is 0 Å². The Labute approximate surface area is 133 Å². The van der Waals surface area contributed by atoms with E-state index in [0.29, 0.717) is 11.4 Å². The number of amides is 1. The number of carbonyl (C=O) groups is 1. The molecule has 2 aromatic heterocycles. The van der Waals surface area contributed by atoms with Crippen LogP contribution in [0, 0.1) is 6.92 Å². The third kappa shape index (κ3) is 2.99. The molecule has 6 nitrogen and oxygen atoms in total. The number of likely N-dealkylation sites (tertiary alicyclic amines) is 1. The van der Waals surface area contributed by atoms with Crippen molar-refractivity contribution >= 4 is 17.4 Å². The summed E-state index contributed by atoms with van der Waals surface area (Å²) in [5, 5.41) is 4.04. The Hall–Kier alpha value is -1.89. The van der Waals surface area contributed by atoms with Gasteiger partial charge in [-0.05, 0) is 43.8 Å². The summed E-state index contributed by atoms with van der Waals surface area (Å²) in [6, 6.07) is 1.96. The summed E-state index contributed by atoms with van der Waals surface area (Å²) in [6.07, 6.45) is 4.58. The molecule has 3 rings (SSSR count). The van der Waals surface area contributed by atoms with Gasteiger partial charge in [-0.1, -0.05) is 11.4 Å². The lowest BCUT2D eigenvalue weighted by molar-refractivity contribution is 0.0709. The number of rotatable bonds is 3. The average Bonchev–Trinajstić information content (AvgIpc) is 3.03. The summed E-state index contributed by atoms with van der Waals surface area (Å²) in [4.78, 5) is 24.0. The van der Waals surface area contributed by atoms with E-state index in [0.717, 1.165) is 43.0 Å². The number of aromatic nitrogens is 4. The number of hydrogen-bond acceptors (Lipinski definition) is 6. The second kappa shape index (κ2) is 6.48. The molecule has 116 valence electrons. The van der Waals surface area contributed by atoms with E-state index in [9.17, 15) is 4.79 Å². The average molecular weight is 317 g/mol. The summed E-state index contributed by atoms with van der Waals surface area (Å²) in [5.74, 6) is 1.12. The van der Waals surface area contributed by atoms with Crippen molar-refractivity contribution in [3.05, 3.63) is 34.4 Å². The first-order valence-corrected chi connectivity index (χ1v) is 8.36. The van der Waals surface area contributed by atoms with Gasteiger partial charge < -0.3 is 4.90 Å². The van der Waals surface area contributed by atoms with Crippen molar-refractivity contribution in [3.63, 3.8) is 0 Å². The highest BCUT2D eigenvalue weighted by molar-refractivity contribution is 7.08. The van der Waals surface area contributed by atoms with E-state index in [4.69, 9.17) is 0 Å². The molecule has 1 aliphatic heterocycles. The normalized spacial score (nSPS) is 18.5. The maximum atomic E-state index is 12.7. The van der Waals surface area contributed by atoms with Crippen LogP contribution in [0.3, 0.4) is 0 Å². The summed E-state index contributed by atoms with van der Waals surface area (Å²) in [7, 11) is 0. The number of hydrogen-bond donors (Lipinski definition) is 0. The van der Waals surface area contributed by atoms with E-state index in [1.54, 1.807) is 6.20 Å². The molecule has 3 heterocycles. The quantitative estimate of drug-likeness (QED) is 0.868. The van der Waals surface area contributed by atoms with E-state index in [-0.39, 0.29) is 11.8 Å². The summed E-state index contributed by atoms with van der Waals surface area (Å²) in [6.45, 7) is 5.39. The lowest BCUT2D eigenvalue weighted by Gasteiger charge is -2.32. The second-order valence-corrected chi connectivity index (χ2v) is 6.28. The molecule has 2 aromatic rings. The monoisotopic (exact) mass is 317 g/mol. The van der Waals surface area contributed by atoms with Crippen LogP contribution >= 0.6 is 11.5 Å². The van der Waals surface area contributed by atoms with Crippen LogP contribution in [0.1, 0.15) is 52.6 Å². The molecule has 0 saturated carbocycles. The zero-order valence-electron chi connectivity index (χ0n) is 12.8. The third-order valence-corrected chi connectivity index (χ3v) is 4.77. The highest BCUT2D eigenvalue weighted by atomic mass is 32.1. The molecule has 1 atom stereocenters. The van der Waals surface area contributed by atoms with Crippen LogP contribution in [0.15, 0.2) is 12.3 Å². The van der Waals surface area contributed by atoms with Crippen LogP contribution < -0.4 is 0 Å². The molecule has 0 radical (unpaired) electrons. The molecular formula is C15H19N5OS. The molecule has 0 bridgehead atoms. The molecule has 0 spiro atoms. The van der Waals surface area contributed by atoms with Crippen molar-refractivity contribution in [1.82, 2.24) is 24.5 Å². The van der Waals surface area contributed by atoms with Crippen LogP contribution in [-0.2, 0) is 6.42 Å². The fraction of sp³-hybridized carbons (Fsp3) is 0.533. The molecule has 1 aliphatic rings. The van der Waals surface area contributed by atoms with E-state index in [1.165, 1.54) is 11.5 Å². The molecule has 22 heavy (non-hydrogen) atoms. The van der Waals surface area contributed by atoms with Crippen molar-refractivity contribution < 1.29 is 4.79 Å². The Kier molecular flexibility index (Phi) is 4.42. The smallest absolute Gasteiger partial charge is 0.267 e. The van der Waals surface area contributed by atoms with Gasteiger partial charge in [0.05, 0.1) is 5.69 Å². The van der Waals surface area contributed by atoms with Gasteiger partial charge in [0.25, 0.3) is 5.91 Å². The zero-order chi connectivity index (χ0) is 15.5. The molecule has 1 fully saturated rings. The number of aryl methyl sites for hydroxylation is 2. The van der Waals surface area contributed by atoms with Crippen LogP contribution in [0.2, 0.25) is 0 Å². The first-order chi connectivity index (χ1) is 10.7. The SMILES string of the molecule is CCc1nnsc1C(=O)N1CCC[C@@H](c2ccnc(C)n2)C1. The minimum atomic E-state index is 0.0577. The summed E-state index contributed by atoms with van der Waals surface area (Å²) in [5.41, 5.74) is 1.83. The molecular weight excluding hydrogens is 298 g/mol. The van der Waals surface area contributed by atoms with Crippen molar-refractivity contribution in [2.75, 3.05) is 13.1 Å². The lowest BCUT2D eigenvalue weighted by atomic mass is 9.94. The largest absolute Gasteiger partial charge is 0.337 e. The molecule has 0 aliphatic carbocycles. The van der Waals surface area contributed by atoms with Crippen molar-refractivity contribution in [2.24, 2.45) is 0 Å². The van der Waals surface area contributed by atoms with E-state index >= 15 is 0 Å². The van der Waals surface area contributed by atoms with Gasteiger partial charge in [-0.25, -0.2) is 9.97 Å². The van der Waals surface area contributed by atoms with Gasteiger partial charge in [0.1, 0.15) is 10.7 Å². The molecule has 0 N–H and O–H groups in total. The van der Waals surface area contributed by atoms with E-state index < -0.39 is 0 Å². The maximum Gasteiger partial charge on any atom is 0.267 e. The van der Waals surface area contributed by atoms with Gasteiger partial charge in [-0.15, -0.1) is 5.10 Å². The van der Waals surface area contributed by atoms with Gasteiger partial charge in [-0.2, -0.15) is 0 Å². The van der Waals surface area contributed by atoms with E-state index in [1.807, 2.05) is 24.8 Å². The Morgan fingerprint density at radius 3 is 3.14 bits per heavy atom. The van der Waals surface area contributed by atoms with Crippen LogP contribution in [-0.4, -0.2) is 43.5 Å². The number of piperidine rings is 1. The second-order valence-electron chi connectivity index (χ2n) is 5.52. The lowest BCUT2D eigenvalue weighted by Crippen LogP contribution is -2.39. The number of carbonyl (C=O) groups excluding carboxylic acids is 1. The molecule has 0 unspecified atom stereocenters. The fourth-order valence-electron chi connectivity index (χ4n) is 2.85. The van der Waals surface area contributed by atoms with Gasteiger partial charge in [0.15, 0.2) is 0 Å². The number of nitrogens with zero attached hydrogens (tertiary/aromatic N) is 5. The predicted octanol–water partition coefficient (Wildman–Crippen LogP) is 2.22. The summed E-state index contributed by atoms with van der Waals surface area (Å²) < 4.78 is 3.92. The van der Waals surface area contributed by atoms with Gasteiger partial charge in [-0.3, -0.25) is 4.79 Å². The van der Waals surface area contributed by atoms with Gasteiger partial charge >= 0.3 is 0 Å². The predicted molar refractivity (Wildman–Crippen MR) is 83.9 cm³/mol. The third-order valence-electron chi connectivity index (χ3n) is 4.01. The minimum Gasteiger partial charge on any atom is -0.337 e. The Morgan fingerprint density at radius 1 is 1.50 bits per heavy atom. The fourth-order valence-corrected chi connectivity index (χ4v) is 3.57. The highest BCUT2D eigenvalue weighted by Gasteiger charge is 2.28. The molecule has 1 saturated heterocycles. The minimum absolute atomic E-state index is 0.0577. The van der Waals surface area contributed by atoms with E-state index in [2.05, 4.69) is 19.6 Å². The van der Waals surface area contributed by atoms with Crippen LogP contribution in [0.25, 0.3) is 0 Å². The van der Waals surface area contributed by atoms with Crippen molar-refractivity contribution in [3.8, 4) is 0 Å². The topological polar surface area (TPSA) is 71.9 Å². The standard InChI is InChI=1S/C15H19N5OS/c1-3-12-14(22-19-18-12)15(21)20-8-4-5-11(9-20)13-6-7-16-10(2)17-13/h6-7,11H,3-5,8-9H2,1-2H3/t11-/m1/s1. The maximum absolute atomic E-state index is 12.7. The van der Waals surface area contributed by atoms with Crippen LogP contribution in [0.5, 0.6) is 0 Å². The molecule has 1 amide bonds. The summed E-state index contributed by atoms with van der Waals surface area (Å²) >= 11 is 1.20. The van der Waals surface area contributed by atoms with Gasteiger partial charge in [0.2, 0.25) is 0 Å².